The predicted octanol–water partition coefficient (Wildman–Crippen LogP) is 8.01. The normalized spacial score (nSPS) is 14.9. The molecule has 2 aromatic carbocycles. The summed E-state index contributed by atoms with van der Waals surface area (Å²) in [5, 5.41) is 0. The van der Waals surface area contributed by atoms with E-state index in [2.05, 4.69) is 101 Å². The van der Waals surface area contributed by atoms with Crippen LogP contribution in [0.3, 0.4) is 0 Å². The zero-order chi connectivity index (χ0) is 24.4. The zero-order valence-electron chi connectivity index (χ0n) is 21.2. The molecular formula is C28H39AgF2N2+. The predicted molar refractivity (Wildman–Crippen MR) is 132 cm³/mol. The molecule has 0 aromatic heterocycles. The molecule has 0 atom stereocenters. The molecular weight excluding hydrogens is 510 g/mol. The number of hydrogen-bond acceptors (Lipinski definition) is 1. The summed E-state index contributed by atoms with van der Waals surface area (Å²) in [5.41, 5.74) is 7.23. The van der Waals surface area contributed by atoms with Gasteiger partial charge < -0.3 is 0 Å². The Balaban J connectivity index is 2.33. The van der Waals surface area contributed by atoms with E-state index in [9.17, 15) is 8.78 Å². The molecule has 185 valence electrons. The van der Waals surface area contributed by atoms with Crippen molar-refractivity contribution in [2.75, 3.05) is 18.0 Å². The average molecular weight is 549 g/mol. The van der Waals surface area contributed by atoms with E-state index in [0.29, 0.717) is 23.7 Å². The molecule has 2 nitrogen and oxygen atoms in total. The van der Waals surface area contributed by atoms with Gasteiger partial charge in [-0.1, -0.05) is 0 Å². The van der Waals surface area contributed by atoms with Crippen LogP contribution in [0, 0.1) is 0 Å². The van der Waals surface area contributed by atoms with Gasteiger partial charge >= 0.3 is 209 Å². The van der Waals surface area contributed by atoms with E-state index in [4.69, 9.17) is 0 Å². The third kappa shape index (κ3) is 5.44. The summed E-state index contributed by atoms with van der Waals surface area (Å²) >= 11 is -0.576. The Kier molecular flexibility index (Phi) is 8.58. The zero-order valence-corrected chi connectivity index (χ0v) is 22.7. The Labute approximate surface area is 208 Å². The minimum atomic E-state index is -2.37. The Morgan fingerprint density at radius 2 is 1.15 bits per heavy atom. The number of rotatable bonds is 8. The van der Waals surface area contributed by atoms with Crippen molar-refractivity contribution in [2.45, 2.75) is 83.7 Å². The van der Waals surface area contributed by atoms with Gasteiger partial charge in [-0.2, -0.15) is 0 Å². The van der Waals surface area contributed by atoms with Gasteiger partial charge in [0.1, 0.15) is 0 Å². The van der Waals surface area contributed by atoms with E-state index in [1.165, 1.54) is 22.3 Å². The number of halogens is 2. The van der Waals surface area contributed by atoms with Gasteiger partial charge in [0.2, 0.25) is 0 Å². The molecule has 1 heterocycles. The molecule has 0 amide bonds. The van der Waals surface area contributed by atoms with Gasteiger partial charge in [-0.3, -0.25) is 0 Å². The summed E-state index contributed by atoms with van der Waals surface area (Å²) < 4.78 is 28.7. The molecule has 0 saturated carbocycles. The molecule has 0 spiro atoms. The van der Waals surface area contributed by atoms with Crippen LogP contribution in [-0.4, -0.2) is 26.4 Å². The molecule has 0 radical (unpaired) electrons. The minimum absolute atomic E-state index is 0.318. The first-order chi connectivity index (χ1) is 15.5. The van der Waals surface area contributed by atoms with Crippen LogP contribution in [0.25, 0.3) is 0 Å². The Hall–Kier alpha value is -1.49. The number of hydrogen-bond donors (Lipinski definition) is 0. The Bertz CT molecular complexity index is 956. The number of amidine groups is 1. The third-order valence-electron chi connectivity index (χ3n) is 6.32. The van der Waals surface area contributed by atoms with Crippen molar-refractivity contribution in [3.8, 4) is 0 Å². The topological polar surface area (TPSA) is 6.25 Å². The molecule has 0 bridgehead atoms. The molecule has 0 unspecified atom stereocenters. The van der Waals surface area contributed by atoms with E-state index < -0.39 is 24.4 Å². The second-order valence-electron chi connectivity index (χ2n) is 10.0. The van der Waals surface area contributed by atoms with E-state index in [0.717, 1.165) is 28.5 Å². The van der Waals surface area contributed by atoms with Gasteiger partial charge in [0, 0.05) is 0 Å². The molecule has 0 saturated heterocycles. The number of nitrogens with zero attached hydrogens (tertiary/aromatic N) is 2. The molecule has 3 rings (SSSR count). The van der Waals surface area contributed by atoms with Crippen LogP contribution < -0.4 is 4.90 Å². The Morgan fingerprint density at radius 3 is 1.55 bits per heavy atom. The van der Waals surface area contributed by atoms with Crippen LogP contribution in [0.15, 0.2) is 36.4 Å². The fourth-order valence-electron chi connectivity index (χ4n) is 4.70. The van der Waals surface area contributed by atoms with Crippen molar-refractivity contribution < 1.29 is 33.1 Å². The molecule has 2 aromatic rings. The van der Waals surface area contributed by atoms with Gasteiger partial charge in [-0.25, -0.2) is 0 Å². The second kappa shape index (κ2) is 10.8. The molecule has 0 N–H and O–H groups in total. The molecule has 0 fully saturated rings. The van der Waals surface area contributed by atoms with Crippen molar-refractivity contribution in [1.82, 2.24) is 0 Å². The summed E-state index contributed by atoms with van der Waals surface area (Å²) in [6.07, 6.45) is 0. The Morgan fingerprint density at radius 1 is 0.727 bits per heavy atom. The van der Waals surface area contributed by atoms with Crippen LogP contribution >= 0.6 is 0 Å². The van der Waals surface area contributed by atoms with Crippen LogP contribution in [0.2, 0.25) is 0 Å². The fraction of sp³-hybridized carbons (Fsp3) is 0.536. The molecule has 0 aliphatic carbocycles. The first-order valence-corrected chi connectivity index (χ1v) is 13.6. The van der Waals surface area contributed by atoms with Crippen LogP contribution in [0.5, 0.6) is 0 Å². The average Bonchev–Trinajstić information content (AvgIpc) is 3.14. The van der Waals surface area contributed by atoms with Crippen LogP contribution in [0.1, 0.15) is 101 Å². The van der Waals surface area contributed by atoms with Gasteiger partial charge in [0.05, 0.1) is 0 Å². The summed E-state index contributed by atoms with van der Waals surface area (Å²) in [4.78, 5) is 2.22. The van der Waals surface area contributed by atoms with E-state index >= 15 is 0 Å². The summed E-state index contributed by atoms with van der Waals surface area (Å²) in [7, 11) is 0. The molecule has 5 heteroatoms. The van der Waals surface area contributed by atoms with E-state index in [-0.39, 0.29) is 0 Å². The first kappa shape index (κ1) is 26.1. The van der Waals surface area contributed by atoms with Crippen LogP contribution in [0.4, 0.5) is 20.2 Å². The third-order valence-corrected chi connectivity index (χ3v) is 7.83. The van der Waals surface area contributed by atoms with Crippen molar-refractivity contribution in [3.05, 3.63) is 58.7 Å². The maximum absolute atomic E-state index is 14.0. The van der Waals surface area contributed by atoms with Gasteiger partial charge in [-0.15, -0.1) is 0 Å². The van der Waals surface area contributed by atoms with E-state index in [1.54, 1.807) is 0 Å². The molecule has 1 aliphatic heterocycles. The SMILES string of the molecule is CC(C)c1cccc(C(C)C)c1N1CC[N+](c2c(C(C)C)cccc2C(C)C)=[C]1[Ag][CH](F)F. The maximum atomic E-state index is 14.0. The summed E-state index contributed by atoms with van der Waals surface area (Å²) in [6.45, 7) is 19.0. The monoisotopic (exact) mass is 548 g/mol. The number of alkyl halides is 2. The number of para-hydroxylation sites is 2. The number of benzene rings is 2. The van der Waals surface area contributed by atoms with Crippen LogP contribution in [-0.2, 0) is 19.8 Å². The van der Waals surface area contributed by atoms with Crippen molar-refractivity contribution in [3.63, 3.8) is 0 Å². The second-order valence-corrected chi connectivity index (χ2v) is 11.8. The van der Waals surface area contributed by atoms with E-state index in [1.807, 2.05) is 0 Å². The van der Waals surface area contributed by atoms with Gasteiger partial charge in [0.25, 0.3) is 0 Å². The van der Waals surface area contributed by atoms with Crippen molar-refractivity contribution >= 4 is 15.4 Å². The summed E-state index contributed by atoms with van der Waals surface area (Å²) in [6, 6.07) is 12.9. The summed E-state index contributed by atoms with van der Waals surface area (Å²) in [5.74, 6) is 1.27. The van der Waals surface area contributed by atoms with Gasteiger partial charge in [-0.05, 0) is 0 Å². The van der Waals surface area contributed by atoms with Gasteiger partial charge in [0.15, 0.2) is 0 Å². The molecule has 1 aliphatic rings. The van der Waals surface area contributed by atoms with Crippen molar-refractivity contribution in [2.24, 2.45) is 0 Å². The standard InChI is InChI=1S/C27H38N2.CHF2.Ag/c1-18(2)22-11-9-12-23(19(3)4)26(22)28-15-16-29(17-28)27-24(20(5)6)13-10-14-25(27)21(7)8;2-1-3;/h9-14,18-21H,15-16H2,1-8H3;1H;/q+1;;. The fourth-order valence-corrected chi connectivity index (χ4v) is 6.12. The molecule has 33 heavy (non-hydrogen) atoms. The number of anilines is 1. The quantitative estimate of drug-likeness (QED) is 0.239. The first-order valence-electron chi connectivity index (χ1n) is 12.0. The van der Waals surface area contributed by atoms with Crippen molar-refractivity contribution in [1.29, 1.82) is 0 Å².